The van der Waals surface area contributed by atoms with E-state index >= 15 is 0 Å². The van der Waals surface area contributed by atoms with E-state index in [1.807, 2.05) is 36.4 Å². The molecule has 3 rings (SSSR count). The van der Waals surface area contributed by atoms with Gasteiger partial charge in [-0.2, -0.15) is 0 Å². The van der Waals surface area contributed by atoms with Crippen molar-refractivity contribution in [3.05, 3.63) is 65.7 Å². The fourth-order valence-corrected chi connectivity index (χ4v) is 3.52. The van der Waals surface area contributed by atoms with Crippen molar-refractivity contribution in [1.82, 2.24) is 10.2 Å². The Balaban J connectivity index is 0.00000320. The van der Waals surface area contributed by atoms with E-state index in [2.05, 4.69) is 33.4 Å². The molecule has 1 aliphatic rings. The summed E-state index contributed by atoms with van der Waals surface area (Å²) in [5.41, 5.74) is 2.30. The van der Waals surface area contributed by atoms with Crippen LogP contribution in [0.5, 0.6) is 5.75 Å². The van der Waals surface area contributed by atoms with Gasteiger partial charge in [0.05, 0.1) is 13.0 Å². The van der Waals surface area contributed by atoms with Crippen molar-refractivity contribution in [2.75, 3.05) is 27.2 Å². The van der Waals surface area contributed by atoms with Crippen molar-refractivity contribution in [1.29, 1.82) is 0 Å². The van der Waals surface area contributed by atoms with Crippen LogP contribution in [-0.4, -0.2) is 44.1 Å². The Kier molecular flexibility index (Phi) is 9.93. The lowest BCUT2D eigenvalue weighted by Crippen LogP contribution is -2.46. The summed E-state index contributed by atoms with van der Waals surface area (Å²) in [6.45, 7) is 2.81. The zero-order valence-electron chi connectivity index (χ0n) is 17.5. The predicted octanol–water partition coefficient (Wildman–Crippen LogP) is 3.84. The number of likely N-dealkylation sites (tertiary alicyclic amines) is 1. The molecule has 0 aromatic heterocycles. The summed E-state index contributed by atoms with van der Waals surface area (Å²) in [5.74, 6) is 1.61. The van der Waals surface area contributed by atoms with Crippen LogP contribution < -0.4 is 10.1 Å². The molecule has 0 atom stereocenters. The van der Waals surface area contributed by atoms with Crippen molar-refractivity contribution in [3.63, 3.8) is 0 Å². The third-order valence-corrected chi connectivity index (χ3v) is 5.13. The molecule has 0 amide bonds. The zero-order chi connectivity index (χ0) is 20.5. The van der Waals surface area contributed by atoms with Gasteiger partial charge in [-0.3, -0.25) is 9.79 Å². The lowest BCUT2D eigenvalue weighted by Gasteiger charge is -2.33. The first-order valence-electron chi connectivity index (χ1n) is 9.98. The van der Waals surface area contributed by atoms with Gasteiger partial charge in [0.25, 0.3) is 0 Å². The molecule has 1 heterocycles. The van der Waals surface area contributed by atoms with Gasteiger partial charge in [0.15, 0.2) is 5.96 Å². The maximum atomic E-state index is 11.7. The van der Waals surface area contributed by atoms with Crippen LogP contribution in [0.1, 0.15) is 24.0 Å². The number of carbonyl (C=O) groups excluding carboxylic acids is 1. The number of halogens is 1. The second-order valence-electron chi connectivity index (χ2n) is 7.11. The first-order chi connectivity index (χ1) is 14.2. The minimum atomic E-state index is -0.109. The van der Waals surface area contributed by atoms with Crippen LogP contribution in [0.3, 0.4) is 0 Å². The van der Waals surface area contributed by atoms with E-state index < -0.39 is 0 Å². The summed E-state index contributed by atoms with van der Waals surface area (Å²) in [7, 11) is 3.24. The minimum absolute atomic E-state index is 0. The highest BCUT2D eigenvalue weighted by molar-refractivity contribution is 14.0. The Morgan fingerprint density at radius 1 is 1.10 bits per heavy atom. The molecule has 2 aromatic carbocycles. The number of esters is 1. The molecule has 0 aliphatic carbocycles. The molecule has 1 aliphatic heterocycles. The smallest absolute Gasteiger partial charge is 0.308 e. The average Bonchev–Trinajstić information content (AvgIpc) is 2.79. The van der Waals surface area contributed by atoms with Crippen LogP contribution in [0, 0.1) is 5.92 Å². The van der Waals surface area contributed by atoms with Gasteiger partial charge >= 0.3 is 5.97 Å². The maximum Gasteiger partial charge on any atom is 0.308 e. The lowest BCUT2D eigenvalue weighted by atomic mass is 9.97. The molecular weight excluding hydrogens is 493 g/mol. The van der Waals surface area contributed by atoms with E-state index in [1.54, 1.807) is 7.05 Å². The first-order valence-corrected chi connectivity index (χ1v) is 9.98. The van der Waals surface area contributed by atoms with Gasteiger partial charge in [0.2, 0.25) is 0 Å². The fourth-order valence-electron chi connectivity index (χ4n) is 3.52. The number of carbonyl (C=O) groups is 1. The zero-order valence-corrected chi connectivity index (χ0v) is 19.9. The van der Waals surface area contributed by atoms with E-state index in [1.165, 1.54) is 12.7 Å². The Morgan fingerprint density at radius 3 is 2.47 bits per heavy atom. The van der Waals surface area contributed by atoms with Crippen molar-refractivity contribution >= 4 is 35.9 Å². The number of rotatable bonds is 6. The van der Waals surface area contributed by atoms with Crippen LogP contribution in [0.15, 0.2) is 59.6 Å². The van der Waals surface area contributed by atoms with Crippen molar-refractivity contribution in [2.24, 2.45) is 10.9 Å². The summed E-state index contributed by atoms with van der Waals surface area (Å²) in [5, 5.41) is 3.43. The number of aliphatic imine (C=N–C) groups is 1. The van der Waals surface area contributed by atoms with Crippen molar-refractivity contribution in [3.8, 4) is 5.75 Å². The Hall–Kier alpha value is -2.29. The number of methoxy groups -OCH3 is 1. The van der Waals surface area contributed by atoms with Gasteiger partial charge in [-0.15, -0.1) is 24.0 Å². The summed E-state index contributed by atoms with van der Waals surface area (Å²) < 4.78 is 10.7. The molecule has 0 radical (unpaired) electrons. The molecule has 1 N–H and O–H groups in total. The van der Waals surface area contributed by atoms with E-state index in [4.69, 9.17) is 9.47 Å². The standard InChI is InChI=1S/C23H29N3O3.HI/c1-24-23(26-13-11-20(12-14-26)22(27)28-2)25-16-18-7-6-8-19(15-18)17-29-21-9-4-3-5-10-21;/h3-10,15,20H,11-14,16-17H2,1-2H3,(H,24,25);1H. The second kappa shape index (κ2) is 12.4. The molecule has 0 bridgehead atoms. The van der Waals surface area contributed by atoms with E-state index in [0.29, 0.717) is 13.2 Å². The summed E-state index contributed by atoms with van der Waals surface area (Å²) in [6.07, 6.45) is 1.58. The number of nitrogens with zero attached hydrogens (tertiary/aromatic N) is 2. The average molecular weight is 523 g/mol. The largest absolute Gasteiger partial charge is 0.489 e. The van der Waals surface area contributed by atoms with Crippen molar-refractivity contribution < 1.29 is 14.3 Å². The predicted molar refractivity (Wildman–Crippen MR) is 129 cm³/mol. The first kappa shape index (κ1) is 24.0. The lowest BCUT2D eigenvalue weighted by molar-refractivity contribution is -0.146. The van der Waals surface area contributed by atoms with Crippen LogP contribution in [0.4, 0.5) is 0 Å². The van der Waals surface area contributed by atoms with E-state index in [0.717, 1.165) is 43.2 Å². The molecular formula is C23H30IN3O3. The molecule has 2 aromatic rings. The van der Waals surface area contributed by atoms with Crippen molar-refractivity contribution in [2.45, 2.75) is 26.0 Å². The molecule has 1 saturated heterocycles. The minimum Gasteiger partial charge on any atom is -0.489 e. The van der Waals surface area contributed by atoms with Gasteiger partial charge in [0.1, 0.15) is 12.4 Å². The number of ether oxygens (including phenoxy) is 2. The number of benzene rings is 2. The SMILES string of the molecule is CN=C(NCc1cccc(COc2ccccc2)c1)N1CCC(C(=O)OC)CC1.I. The number of hydrogen-bond donors (Lipinski definition) is 1. The highest BCUT2D eigenvalue weighted by Gasteiger charge is 2.26. The molecule has 6 nitrogen and oxygen atoms in total. The Labute approximate surface area is 195 Å². The van der Waals surface area contributed by atoms with Gasteiger partial charge in [-0.25, -0.2) is 0 Å². The molecule has 0 spiro atoms. The number of nitrogens with one attached hydrogen (secondary N) is 1. The normalized spacial score (nSPS) is 14.6. The molecule has 1 fully saturated rings. The van der Waals surface area contributed by atoms with Crippen LogP contribution in [-0.2, 0) is 22.7 Å². The highest BCUT2D eigenvalue weighted by atomic mass is 127. The molecule has 0 unspecified atom stereocenters. The quantitative estimate of drug-likeness (QED) is 0.270. The number of guanidine groups is 1. The summed E-state index contributed by atoms with van der Waals surface area (Å²) in [6, 6.07) is 18.2. The fraction of sp³-hybridized carbons (Fsp3) is 0.391. The van der Waals surface area contributed by atoms with Crippen LogP contribution in [0.25, 0.3) is 0 Å². The number of hydrogen-bond acceptors (Lipinski definition) is 4. The summed E-state index contributed by atoms with van der Waals surface area (Å²) >= 11 is 0. The monoisotopic (exact) mass is 523 g/mol. The summed E-state index contributed by atoms with van der Waals surface area (Å²) in [4.78, 5) is 18.3. The Morgan fingerprint density at radius 2 is 1.80 bits per heavy atom. The number of piperidine rings is 1. The van der Waals surface area contributed by atoms with E-state index in [-0.39, 0.29) is 35.9 Å². The van der Waals surface area contributed by atoms with E-state index in [9.17, 15) is 4.79 Å². The molecule has 0 saturated carbocycles. The Bertz CT molecular complexity index is 821. The van der Waals surface area contributed by atoms with Gasteiger partial charge in [-0.05, 0) is 36.1 Å². The van der Waals surface area contributed by atoms with Crippen LogP contribution >= 0.6 is 24.0 Å². The molecule has 162 valence electrons. The second-order valence-corrected chi connectivity index (χ2v) is 7.11. The number of para-hydroxylation sites is 1. The highest BCUT2D eigenvalue weighted by Crippen LogP contribution is 2.18. The van der Waals surface area contributed by atoms with Gasteiger partial charge < -0.3 is 19.7 Å². The van der Waals surface area contributed by atoms with Crippen LogP contribution in [0.2, 0.25) is 0 Å². The third kappa shape index (κ3) is 6.90. The third-order valence-electron chi connectivity index (χ3n) is 5.13. The molecule has 30 heavy (non-hydrogen) atoms. The van der Waals surface area contributed by atoms with Gasteiger partial charge in [-0.1, -0.05) is 42.5 Å². The molecule has 7 heteroatoms. The van der Waals surface area contributed by atoms with Gasteiger partial charge in [0, 0.05) is 26.7 Å². The topological polar surface area (TPSA) is 63.2 Å². The maximum absolute atomic E-state index is 11.7.